The molecule has 0 aromatic carbocycles. The fourth-order valence-corrected chi connectivity index (χ4v) is 4.37. The van der Waals surface area contributed by atoms with E-state index in [0.29, 0.717) is 12.0 Å². The van der Waals surface area contributed by atoms with Crippen LogP contribution >= 0.6 is 0 Å². The number of ether oxygens (including phenoxy) is 1. The number of piperidine rings is 1. The summed E-state index contributed by atoms with van der Waals surface area (Å²) in [4.78, 5) is 14.5. The molecule has 1 aliphatic carbocycles. The van der Waals surface area contributed by atoms with E-state index in [-0.39, 0.29) is 12.0 Å². The van der Waals surface area contributed by atoms with Crippen molar-refractivity contribution in [1.82, 2.24) is 19.9 Å². The van der Waals surface area contributed by atoms with Crippen LogP contribution in [0.4, 0.5) is 0 Å². The van der Waals surface area contributed by atoms with Gasteiger partial charge in [0.05, 0.1) is 11.7 Å². The van der Waals surface area contributed by atoms with E-state index < -0.39 is 0 Å². The van der Waals surface area contributed by atoms with Crippen LogP contribution in [-0.2, 0) is 9.53 Å². The van der Waals surface area contributed by atoms with Crippen LogP contribution < -0.4 is 0 Å². The normalized spacial score (nSPS) is 26.8. The molecule has 3 aliphatic rings. The van der Waals surface area contributed by atoms with E-state index in [1.54, 1.807) is 0 Å². The fraction of sp³-hybridized carbons (Fsp3) is 0.833. The predicted molar refractivity (Wildman–Crippen MR) is 89.7 cm³/mol. The highest BCUT2D eigenvalue weighted by Gasteiger charge is 2.31. The van der Waals surface area contributed by atoms with E-state index in [1.807, 2.05) is 9.58 Å². The highest BCUT2D eigenvalue weighted by Crippen LogP contribution is 2.33. The van der Waals surface area contributed by atoms with E-state index in [4.69, 9.17) is 4.74 Å². The molecule has 0 unspecified atom stereocenters. The van der Waals surface area contributed by atoms with Crippen molar-refractivity contribution in [1.29, 1.82) is 0 Å². The Bertz CT molecular complexity index is 553. The van der Waals surface area contributed by atoms with Gasteiger partial charge in [-0.3, -0.25) is 4.79 Å². The van der Waals surface area contributed by atoms with E-state index in [0.717, 1.165) is 51.8 Å². The molecule has 1 aromatic heterocycles. The van der Waals surface area contributed by atoms with Gasteiger partial charge in [-0.25, -0.2) is 4.68 Å². The number of hydrogen-bond acceptors (Lipinski definition) is 4. The second-order valence-corrected chi connectivity index (χ2v) is 7.52. The van der Waals surface area contributed by atoms with Gasteiger partial charge in [-0.1, -0.05) is 18.1 Å². The fourth-order valence-electron chi connectivity index (χ4n) is 4.37. The molecule has 0 N–H and O–H groups in total. The third-order valence-electron chi connectivity index (χ3n) is 5.91. The van der Waals surface area contributed by atoms with Crippen molar-refractivity contribution in [3.8, 4) is 0 Å². The summed E-state index contributed by atoms with van der Waals surface area (Å²) in [6.07, 6.45) is 12.1. The summed E-state index contributed by atoms with van der Waals surface area (Å²) >= 11 is 0. The van der Waals surface area contributed by atoms with Crippen LogP contribution in [0.3, 0.4) is 0 Å². The molecule has 3 fully saturated rings. The molecule has 1 aromatic rings. The first-order chi connectivity index (χ1) is 11.8. The average Bonchev–Trinajstić information content (AvgIpc) is 3.33. The molecule has 0 spiro atoms. The molecule has 132 valence electrons. The van der Waals surface area contributed by atoms with E-state index >= 15 is 0 Å². The minimum atomic E-state index is -0.198. The van der Waals surface area contributed by atoms with Gasteiger partial charge < -0.3 is 9.64 Å². The zero-order valence-electron chi connectivity index (χ0n) is 14.4. The number of amides is 1. The first kappa shape index (κ1) is 16.1. The molecule has 1 atom stereocenters. The first-order valence-electron chi connectivity index (χ1n) is 9.63. The summed E-state index contributed by atoms with van der Waals surface area (Å²) < 4.78 is 7.69. The minimum absolute atomic E-state index is 0.193. The smallest absolute Gasteiger partial charge is 0.251 e. The standard InChI is InChI=1S/C18H28N4O2/c23-18(17-7-3-4-12-24-17)21-10-8-15(9-11-21)22-13-16(19-20-22)14-5-1-2-6-14/h13-15,17H,1-12H2/t17-/m1/s1. The summed E-state index contributed by atoms with van der Waals surface area (Å²) in [6, 6.07) is 0.379. The maximum absolute atomic E-state index is 12.5. The monoisotopic (exact) mass is 332 g/mol. The van der Waals surface area contributed by atoms with Crippen LogP contribution in [0.15, 0.2) is 6.20 Å². The van der Waals surface area contributed by atoms with Gasteiger partial charge in [0, 0.05) is 31.8 Å². The summed E-state index contributed by atoms with van der Waals surface area (Å²) in [7, 11) is 0. The van der Waals surface area contributed by atoms with Crippen LogP contribution in [-0.4, -0.2) is 51.6 Å². The molecule has 2 saturated heterocycles. The maximum Gasteiger partial charge on any atom is 0.251 e. The summed E-state index contributed by atoms with van der Waals surface area (Å²) in [5.41, 5.74) is 1.17. The second-order valence-electron chi connectivity index (χ2n) is 7.52. The van der Waals surface area contributed by atoms with Crippen molar-refractivity contribution in [3.05, 3.63) is 11.9 Å². The molecule has 24 heavy (non-hydrogen) atoms. The molecule has 2 aliphatic heterocycles. The lowest BCUT2D eigenvalue weighted by Gasteiger charge is -2.34. The average molecular weight is 332 g/mol. The van der Waals surface area contributed by atoms with Gasteiger partial charge in [-0.2, -0.15) is 0 Å². The van der Waals surface area contributed by atoms with E-state index in [9.17, 15) is 4.79 Å². The zero-order chi connectivity index (χ0) is 16.4. The summed E-state index contributed by atoms with van der Waals surface area (Å²) in [6.45, 7) is 2.35. The van der Waals surface area contributed by atoms with E-state index in [2.05, 4.69) is 16.5 Å². The molecule has 1 amide bonds. The first-order valence-corrected chi connectivity index (χ1v) is 9.63. The summed E-state index contributed by atoms with van der Waals surface area (Å²) in [5.74, 6) is 0.808. The van der Waals surface area contributed by atoms with Crippen molar-refractivity contribution in [3.63, 3.8) is 0 Å². The van der Waals surface area contributed by atoms with Crippen LogP contribution in [0.2, 0.25) is 0 Å². The molecule has 6 heteroatoms. The number of likely N-dealkylation sites (tertiary alicyclic amines) is 1. The quantitative estimate of drug-likeness (QED) is 0.854. The van der Waals surface area contributed by atoms with Gasteiger partial charge in [0.15, 0.2) is 0 Å². The molecule has 0 bridgehead atoms. The van der Waals surface area contributed by atoms with Gasteiger partial charge in [0.25, 0.3) is 5.91 Å². The minimum Gasteiger partial charge on any atom is -0.368 e. The predicted octanol–water partition coefficient (Wildman–Crippen LogP) is 2.67. The molecule has 0 radical (unpaired) electrons. The highest BCUT2D eigenvalue weighted by molar-refractivity contribution is 5.81. The summed E-state index contributed by atoms with van der Waals surface area (Å²) in [5, 5.41) is 8.80. The number of rotatable bonds is 3. The highest BCUT2D eigenvalue weighted by atomic mass is 16.5. The van der Waals surface area contributed by atoms with Gasteiger partial charge in [-0.15, -0.1) is 5.10 Å². The Hall–Kier alpha value is -1.43. The van der Waals surface area contributed by atoms with Gasteiger partial charge in [-0.05, 0) is 44.9 Å². The number of hydrogen-bond donors (Lipinski definition) is 0. The van der Waals surface area contributed by atoms with Crippen molar-refractivity contribution in [2.24, 2.45) is 0 Å². The molecule has 1 saturated carbocycles. The molecular formula is C18H28N4O2. The topological polar surface area (TPSA) is 60.2 Å². The zero-order valence-corrected chi connectivity index (χ0v) is 14.4. The third-order valence-corrected chi connectivity index (χ3v) is 5.91. The van der Waals surface area contributed by atoms with E-state index in [1.165, 1.54) is 31.4 Å². The maximum atomic E-state index is 12.5. The van der Waals surface area contributed by atoms with Crippen LogP contribution in [0, 0.1) is 0 Å². The third kappa shape index (κ3) is 3.34. The Morgan fingerprint density at radius 3 is 2.50 bits per heavy atom. The lowest BCUT2D eigenvalue weighted by molar-refractivity contribution is -0.147. The Morgan fingerprint density at radius 1 is 1.04 bits per heavy atom. The van der Waals surface area contributed by atoms with Gasteiger partial charge in [0.1, 0.15) is 6.10 Å². The van der Waals surface area contributed by atoms with Crippen LogP contribution in [0.1, 0.15) is 75.4 Å². The molecular weight excluding hydrogens is 304 g/mol. The van der Waals surface area contributed by atoms with Crippen LogP contribution in [0.25, 0.3) is 0 Å². The molecule has 3 heterocycles. The molecule has 6 nitrogen and oxygen atoms in total. The number of carbonyl (C=O) groups excluding carboxylic acids is 1. The van der Waals surface area contributed by atoms with Gasteiger partial charge in [0.2, 0.25) is 0 Å². The number of nitrogens with zero attached hydrogens (tertiary/aromatic N) is 4. The molecule has 4 rings (SSSR count). The van der Waals surface area contributed by atoms with Crippen LogP contribution in [0.5, 0.6) is 0 Å². The number of carbonyl (C=O) groups is 1. The van der Waals surface area contributed by atoms with Crippen molar-refractivity contribution in [2.75, 3.05) is 19.7 Å². The SMILES string of the molecule is O=C([C@H]1CCCCO1)N1CCC(n2cc(C3CCCC3)nn2)CC1. The van der Waals surface area contributed by atoms with Crippen molar-refractivity contribution < 1.29 is 9.53 Å². The largest absolute Gasteiger partial charge is 0.368 e. The second kappa shape index (κ2) is 7.21. The Balaban J connectivity index is 1.31. The van der Waals surface area contributed by atoms with Crippen molar-refractivity contribution in [2.45, 2.75) is 75.9 Å². The van der Waals surface area contributed by atoms with Crippen molar-refractivity contribution >= 4 is 5.91 Å². The lowest BCUT2D eigenvalue weighted by Crippen LogP contribution is -2.46. The number of aromatic nitrogens is 3. The Morgan fingerprint density at radius 2 is 1.79 bits per heavy atom. The Labute approximate surface area is 143 Å². The van der Waals surface area contributed by atoms with Gasteiger partial charge >= 0.3 is 0 Å². The lowest BCUT2D eigenvalue weighted by atomic mass is 10.0. The Kier molecular flexibility index (Phi) is 4.83.